The Kier molecular flexibility index (Phi) is 7.00. The second-order valence-corrected chi connectivity index (χ2v) is 7.55. The molecule has 1 aromatic heterocycles. The van der Waals surface area contributed by atoms with Crippen LogP contribution in [-0.4, -0.2) is 33.5 Å². The standard InChI is InChI=1S/C20H21ClN4O3S/c1-13-8-9-14(10-15(13)21)22-19(26)12-29-20-24-23-18(25(20)2)11-28-17-7-5-4-6-16(17)27-3/h4-10H,11-12H2,1-3H3,(H,22,26). The van der Waals surface area contributed by atoms with Crippen molar-refractivity contribution in [3.8, 4) is 11.5 Å². The zero-order chi connectivity index (χ0) is 20.8. The van der Waals surface area contributed by atoms with Gasteiger partial charge in [-0.2, -0.15) is 0 Å². The van der Waals surface area contributed by atoms with Crippen molar-refractivity contribution < 1.29 is 14.3 Å². The van der Waals surface area contributed by atoms with E-state index in [-0.39, 0.29) is 18.3 Å². The Morgan fingerprint density at radius 1 is 1.21 bits per heavy atom. The second-order valence-electron chi connectivity index (χ2n) is 6.20. The molecular formula is C20H21ClN4O3S. The number of nitrogens with zero attached hydrogens (tertiary/aromatic N) is 3. The van der Waals surface area contributed by atoms with Crippen LogP contribution in [0.5, 0.6) is 11.5 Å². The van der Waals surface area contributed by atoms with Gasteiger partial charge in [-0.3, -0.25) is 4.79 Å². The molecule has 1 N–H and O–H groups in total. The number of aromatic nitrogens is 3. The third-order valence-corrected chi connectivity index (χ3v) is 5.57. The SMILES string of the molecule is COc1ccccc1OCc1nnc(SCC(=O)Nc2ccc(C)c(Cl)c2)n1C. The zero-order valence-electron chi connectivity index (χ0n) is 16.3. The molecule has 29 heavy (non-hydrogen) atoms. The number of thioether (sulfide) groups is 1. The Morgan fingerprint density at radius 2 is 1.97 bits per heavy atom. The van der Waals surface area contributed by atoms with Crippen LogP contribution in [0.2, 0.25) is 5.02 Å². The summed E-state index contributed by atoms with van der Waals surface area (Å²) in [5.74, 6) is 1.97. The van der Waals surface area contributed by atoms with E-state index in [4.69, 9.17) is 21.1 Å². The van der Waals surface area contributed by atoms with E-state index in [1.54, 1.807) is 17.7 Å². The average Bonchev–Trinajstić information content (AvgIpc) is 3.07. The highest BCUT2D eigenvalue weighted by Gasteiger charge is 2.13. The minimum absolute atomic E-state index is 0.148. The molecule has 1 amide bonds. The number of methoxy groups -OCH3 is 1. The minimum atomic E-state index is -0.148. The fraction of sp³-hybridized carbons (Fsp3) is 0.250. The monoisotopic (exact) mass is 432 g/mol. The molecule has 2 aromatic carbocycles. The van der Waals surface area contributed by atoms with Crippen molar-refractivity contribution in [1.82, 2.24) is 14.8 Å². The fourth-order valence-electron chi connectivity index (χ4n) is 2.47. The molecule has 0 aliphatic rings. The van der Waals surface area contributed by atoms with Crippen LogP contribution in [0, 0.1) is 6.92 Å². The topological polar surface area (TPSA) is 78.3 Å². The molecule has 0 saturated heterocycles. The lowest BCUT2D eigenvalue weighted by atomic mass is 10.2. The number of rotatable bonds is 8. The third-order valence-electron chi connectivity index (χ3n) is 4.14. The van der Waals surface area contributed by atoms with Gasteiger partial charge in [0.1, 0.15) is 6.61 Å². The van der Waals surface area contributed by atoms with Gasteiger partial charge in [0.25, 0.3) is 0 Å². The smallest absolute Gasteiger partial charge is 0.234 e. The maximum atomic E-state index is 12.2. The van der Waals surface area contributed by atoms with E-state index < -0.39 is 0 Å². The zero-order valence-corrected chi connectivity index (χ0v) is 17.9. The summed E-state index contributed by atoms with van der Waals surface area (Å²) in [5, 5.41) is 12.4. The number of carbonyl (C=O) groups is 1. The molecule has 3 aromatic rings. The minimum Gasteiger partial charge on any atom is -0.493 e. The molecule has 9 heteroatoms. The number of amides is 1. The van der Waals surface area contributed by atoms with Crippen LogP contribution < -0.4 is 14.8 Å². The highest BCUT2D eigenvalue weighted by Crippen LogP contribution is 2.27. The number of para-hydroxylation sites is 2. The molecule has 0 unspecified atom stereocenters. The highest BCUT2D eigenvalue weighted by molar-refractivity contribution is 7.99. The Morgan fingerprint density at radius 3 is 2.69 bits per heavy atom. The summed E-state index contributed by atoms with van der Waals surface area (Å²) in [6, 6.07) is 12.8. The van der Waals surface area contributed by atoms with Gasteiger partial charge in [-0.15, -0.1) is 10.2 Å². The molecule has 7 nitrogen and oxygen atoms in total. The lowest BCUT2D eigenvalue weighted by Crippen LogP contribution is -2.14. The maximum absolute atomic E-state index is 12.2. The van der Waals surface area contributed by atoms with E-state index in [0.717, 1.165) is 5.56 Å². The van der Waals surface area contributed by atoms with Crippen molar-refractivity contribution in [2.24, 2.45) is 7.05 Å². The number of hydrogen-bond donors (Lipinski definition) is 1. The maximum Gasteiger partial charge on any atom is 0.234 e. The number of ether oxygens (including phenoxy) is 2. The predicted octanol–water partition coefficient (Wildman–Crippen LogP) is 4.10. The summed E-state index contributed by atoms with van der Waals surface area (Å²) >= 11 is 7.38. The Bertz CT molecular complexity index is 1010. The summed E-state index contributed by atoms with van der Waals surface area (Å²) in [6.45, 7) is 2.14. The molecule has 0 bridgehead atoms. The van der Waals surface area contributed by atoms with Crippen LogP contribution in [-0.2, 0) is 18.4 Å². The van der Waals surface area contributed by atoms with Crippen LogP contribution in [0.3, 0.4) is 0 Å². The fourth-order valence-corrected chi connectivity index (χ4v) is 3.39. The third kappa shape index (κ3) is 5.42. The Balaban J connectivity index is 1.55. The van der Waals surface area contributed by atoms with Crippen molar-refractivity contribution in [3.05, 3.63) is 58.9 Å². The lowest BCUT2D eigenvalue weighted by molar-refractivity contribution is -0.113. The van der Waals surface area contributed by atoms with Gasteiger partial charge in [-0.1, -0.05) is 41.6 Å². The molecule has 0 fully saturated rings. The molecule has 0 saturated carbocycles. The molecule has 3 rings (SSSR count). The van der Waals surface area contributed by atoms with Crippen LogP contribution in [0.25, 0.3) is 0 Å². The molecule has 0 aliphatic heterocycles. The van der Waals surface area contributed by atoms with E-state index >= 15 is 0 Å². The number of carbonyl (C=O) groups excluding carboxylic acids is 1. The molecule has 0 spiro atoms. The number of anilines is 1. The molecule has 1 heterocycles. The van der Waals surface area contributed by atoms with Crippen molar-refractivity contribution in [2.45, 2.75) is 18.7 Å². The molecular weight excluding hydrogens is 412 g/mol. The second kappa shape index (κ2) is 9.67. The largest absolute Gasteiger partial charge is 0.493 e. The summed E-state index contributed by atoms with van der Waals surface area (Å²) < 4.78 is 12.9. The van der Waals surface area contributed by atoms with Crippen molar-refractivity contribution in [2.75, 3.05) is 18.2 Å². The van der Waals surface area contributed by atoms with Gasteiger partial charge in [0.15, 0.2) is 22.5 Å². The first kappa shape index (κ1) is 21.0. The van der Waals surface area contributed by atoms with Crippen LogP contribution in [0.15, 0.2) is 47.6 Å². The van der Waals surface area contributed by atoms with Gasteiger partial charge < -0.3 is 19.4 Å². The first-order valence-corrected chi connectivity index (χ1v) is 10.2. The Labute approximate surface area is 178 Å². The van der Waals surface area contributed by atoms with Gasteiger partial charge in [0.2, 0.25) is 5.91 Å². The van der Waals surface area contributed by atoms with E-state index in [1.807, 2.05) is 50.4 Å². The highest BCUT2D eigenvalue weighted by atomic mass is 35.5. The first-order chi connectivity index (χ1) is 14.0. The van der Waals surface area contributed by atoms with Crippen LogP contribution in [0.4, 0.5) is 5.69 Å². The normalized spacial score (nSPS) is 10.6. The Hall–Kier alpha value is -2.71. The van der Waals surface area contributed by atoms with Gasteiger partial charge in [0, 0.05) is 17.8 Å². The van der Waals surface area contributed by atoms with Gasteiger partial charge in [-0.05, 0) is 36.8 Å². The van der Waals surface area contributed by atoms with Crippen molar-refractivity contribution in [1.29, 1.82) is 0 Å². The number of nitrogens with one attached hydrogen (secondary N) is 1. The van der Waals surface area contributed by atoms with Gasteiger partial charge in [0.05, 0.1) is 12.9 Å². The summed E-state index contributed by atoms with van der Waals surface area (Å²) in [4.78, 5) is 12.2. The van der Waals surface area contributed by atoms with Gasteiger partial charge in [-0.25, -0.2) is 0 Å². The average molecular weight is 433 g/mol. The molecule has 0 atom stereocenters. The van der Waals surface area contributed by atoms with E-state index in [9.17, 15) is 4.79 Å². The molecule has 152 valence electrons. The van der Waals surface area contributed by atoms with E-state index in [1.165, 1.54) is 11.8 Å². The van der Waals surface area contributed by atoms with E-state index in [0.29, 0.717) is 33.2 Å². The van der Waals surface area contributed by atoms with Crippen LogP contribution >= 0.6 is 23.4 Å². The predicted molar refractivity (Wildman–Crippen MR) is 114 cm³/mol. The van der Waals surface area contributed by atoms with Gasteiger partial charge >= 0.3 is 0 Å². The quantitative estimate of drug-likeness (QED) is 0.540. The summed E-state index contributed by atoms with van der Waals surface area (Å²) in [7, 11) is 3.43. The van der Waals surface area contributed by atoms with E-state index in [2.05, 4.69) is 15.5 Å². The van der Waals surface area contributed by atoms with Crippen molar-refractivity contribution >= 4 is 35.0 Å². The van der Waals surface area contributed by atoms with Crippen LogP contribution in [0.1, 0.15) is 11.4 Å². The molecule has 0 radical (unpaired) electrons. The number of hydrogen-bond acceptors (Lipinski definition) is 6. The van der Waals surface area contributed by atoms with Crippen molar-refractivity contribution in [3.63, 3.8) is 0 Å². The summed E-state index contributed by atoms with van der Waals surface area (Å²) in [6.07, 6.45) is 0. The number of halogens is 1. The molecule has 0 aliphatic carbocycles. The summed E-state index contributed by atoms with van der Waals surface area (Å²) in [5.41, 5.74) is 1.62. The number of aryl methyl sites for hydroxylation is 1. The number of benzene rings is 2. The first-order valence-electron chi connectivity index (χ1n) is 8.81. The lowest BCUT2D eigenvalue weighted by Gasteiger charge is -2.10.